The molecule has 0 aliphatic carbocycles. The van der Waals surface area contributed by atoms with E-state index in [9.17, 15) is 9.59 Å². The van der Waals surface area contributed by atoms with Crippen LogP contribution in [0, 0.1) is 6.92 Å². The van der Waals surface area contributed by atoms with Crippen molar-refractivity contribution < 1.29 is 19.1 Å². The van der Waals surface area contributed by atoms with Gasteiger partial charge in [-0.1, -0.05) is 24.3 Å². The summed E-state index contributed by atoms with van der Waals surface area (Å²) in [6, 6.07) is 14.5. The molecule has 27 heavy (non-hydrogen) atoms. The van der Waals surface area contributed by atoms with Gasteiger partial charge in [-0.05, 0) is 43.7 Å². The Balaban J connectivity index is 1.59. The molecular weight excluding hydrogens is 344 g/mol. The van der Waals surface area contributed by atoms with Crippen LogP contribution in [0.1, 0.15) is 22.8 Å². The number of morpholine rings is 1. The molecule has 1 saturated heterocycles. The monoisotopic (exact) mass is 368 g/mol. The van der Waals surface area contributed by atoms with Crippen LogP contribution < -0.4 is 10.1 Å². The lowest BCUT2D eigenvalue weighted by molar-refractivity contribution is -0.118. The summed E-state index contributed by atoms with van der Waals surface area (Å²) >= 11 is 0. The van der Waals surface area contributed by atoms with Crippen molar-refractivity contribution in [3.8, 4) is 5.75 Å². The Morgan fingerprint density at radius 3 is 2.81 bits per heavy atom. The topological polar surface area (TPSA) is 67.9 Å². The van der Waals surface area contributed by atoms with Crippen LogP contribution in [0.15, 0.2) is 48.5 Å². The Kier molecular flexibility index (Phi) is 6.08. The standard InChI is InChI=1S/C21H24N2O4/c1-15-6-3-4-9-19(15)27-14-20(24)22-18-8-5-7-17(12-18)21(25)23-10-11-26-16(2)13-23/h3-9,12,16H,10-11,13-14H2,1-2H3,(H,22,24). The molecule has 1 aliphatic heterocycles. The summed E-state index contributed by atoms with van der Waals surface area (Å²) in [5.74, 6) is 0.346. The summed E-state index contributed by atoms with van der Waals surface area (Å²) in [4.78, 5) is 26.6. The Hall–Kier alpha value is -2.86. The molecule has 0 radical (unpaired) electrons. The van der Waals surface area contributed by atoms with Crippen molar-refractivity contribution in [1.29, 1.82) is 0 Å². The smallest absolute Gasteiger partial charge is 0.262 e. The number of benzene rings is 2. The largest absolute Gasteiger partial charge is 0.483 e. The van der Waals surface area contributed by atoms with E-state index in [1.54, 1.807) is 29.2 Å². The summed E-state index contributed by atoms with van der Waals surface area (Å²) < 4.78 is 11.0. The lowest BCUT2D eigenvalue weighted by Crippen LogP contribution is -2.44. The second-order valence-corrected chi connectivity index (χ2v) is 6.62. The maximum Gasteiger partial charge on any atom is 0.262 e. The minimum absolute atomic E-state index is 0.0316. The van der Waals surface area contributed by atoms with Gasteiger partial charge in [-0.15, -0.1) is 0 Å². The van der Waals surface area contributed by atoms with E-state index >= 15 is 0 Å². The number of para-hydroxylation sites is 1. The Labute approximate surface area is 159 Å². The van der Waals surface area contributed by atoms with Crippen LogP contribution in [0.5, 0.6) is 5.75 Å². The molecule has 1 fully saturated rings. The molecule has 1 atom stereocenters. The van der Waals surface area contributed by atoms with Crippen LogP contribution in [0.3, 0.4) is 0 Å². The minimum Gasteiger partial charge on any atom is -0.483 e. The molecule has 0 aromatic heterocycles. The summed E-state index contributed by atoms with van der Waals surface area (Å²) in [5.41, 5.74) is 2.08. The minimum atomic E-state index is -0.275. The van der Waals surface area contributed by atoms with Gasteiger partial charge in [-0.25, -0.2) is 0 Å². The van der Waals surface area contributed by atoms with Gasteiger partial charge in [-0.3, -0.25) is 9.59 Å². The lowest BCUT2D eigenvalue weighted by Gasteiger charge is -2.31. The molecule has 6 nitrogen and oxygen atoms in total. The normalized spacial score (nSPS) is 16.7. The molecule has 0 spiro atoms. The number of hydrogen-bond acceptors (Lipinski definition) is 4. The lowest BCUT2D eigenvalue weighted by atomic mass is 10.1. The van der Waals surface area contributed by atoms with Gasteiger partial charge in [0.25, 0.3) is 11.8 Å². The van der Waals surface area contributed by atoms with Crippen LogP contribution in [0.2, 0.25) is 0 Å². The first-order chi connectivity index (χ1) is 13.0. The molecular formula is C21H24N2O4. The fourth-order valence-corrected chi connectivity index (χ4v) is 2.97. The third kappa shape index (κ3) is 5.08. The van der Waals surface area contributed by atoms with Crippen LogP contribution in [0.25, 0.3) is 0 Å². The van der Waals surface area contributed by atoms with Crippen molar-refractivity contribution in [2.75, 3.05) is 31.6 Å². The summed E-state index contributed by atoms with van der Waals surface area (Å²) in [5, 5.41) is 2.78. The number of carbonyl (C=O) groups excluding carboxylic acids is 2. The number of rotatable bonds is 5. The summed E-state index contributed by atoms with van der Waals surface area (Å²) in [6.45, 7) is 5.46. The van der Waals surface area contributed by atoms with Crippen molar-refractivity contribution in [2.45, 2.75) is 20.0 Å². The number of anilines is 1. The van der Waals surface area contributed by atoms with Gasteiger partial charge in [0.1, 0.15) is 5.75 Å². The number of nitrogens with zero attached hydrogens (tertiary/aromatic N) is 1. The number of amides is 2. The Bertz CT molecular complexity index is 821. The van der Waals surface area contributed by atoms with E-state index < -0.39 is 0 Å². The van der Waals surface area contributed by atoms with E-state index in [1.807, 2.05) is 38.1 Å². The fourth-order valence-electron chi connectivity index (χ4n) is 2.97. The number of aryl methyl sites for hydroxylation is 1. The zero-order chi connectivity index (χ0) is 19.2. The highest BCUT2D eigenvalue weighted by atomic mass is 16.5. The molecule has 2 aromatic carbocycles. The first-order valence-corrected chi connectivity index (χ1v) is 9.02. The summed E-state index contributed by atoms with van der Waals surface area (Å²) in [7, 11) is 0. The van der Waals surface area contributed by atoms with Crippen molar-refractivity contribution >= 4 is 17.5 Å². The van der Waals surface area contributed by atoms with E-state index in [0.717, 1.165) is 5.56 Å². The average molecular weight is 368 g/mol. The molecule has 0 saturated carbocycles. The first kappa shape index (κ1) is 18.9. The zero-order valence-corrected chi connectivity index (χ0v) is 15.6. The van der Waals surface area contributed by atoms with E-state index in [2.05, 4.69) is 5.32 Å². The van der Waals surface area contributed by atoms with Crippen LogP contribution in [0.4, 0.5) is 5.69 Å². The molecule has 1 heterocycles. The highest BCUT2D eigenvalue weighted by molar-refractivity contribution is 5.97. The molecule has 1 unspecified atom stereocenters. The molecule has 1 N–H and O–H groups in total. The third-order valence-corrected chi connectivity index (χ3v) is 4.37. The summed E-state index contributed by atoms with van der Waals surface area (Å²) in [6.07, 6.45) is 0.0316. The van der Waals surface area contributed by atoms with E-state index in [1.165, 1.54) is 0 Å². The number of carbonyl (C=O) groups is 2. The quantitative estimate of drug-likeness (QED) is 0.881. The van der Waals surface area contributed by atoms with Gasteiger partial charge in [0.15, 0.2) is 6.61 Å². The van der Waals surface area contributed by atoms with Gasteiger partial charge in [0.05, 0.1) is 12.7 Å². The van der Waals surface area contributed by atoms with E-state index in [0.29, 0.717) is 36.7 Å². The molecule has 3 rings (SSSR count). The van der Waals surface area contributed by atoms with Gasteiger partial charge in [-0.2, -0.15) is 0 Å². The first-order valence-electron chi connectivity index (χ1n) is 9.02. The van der Waals surface area contributed by atoms with E-state index in [4.69, 9.17) is 9.47 Å². The Morgan fingerprint density at radius 1 is 1.22 bits per heavy atom. The molecule has 2 amide bonds. The van der Waals surface area contributed by atoms with Crippen molar-refractivity contribution in [1.82, 2.24) is 4.90 Å². The molecule has 6 heteroatoms. The van der Waals surface area contributed by atoms with Gasteiger partial charge >= 0.3 is 0 Å². The predicted octanol–water partition coefficient (Wildman–Crippen LogP) is 2.87. The zero-order valence-electron chi connectivity index (χ0n) is 15.6. The Morgan fingerprint density at radius 2 is 2.04 bits per heavy atom. The molecule has 2 aromatic rings. The van der Waals surface area contributed by atoms with E-state index in [-0.39, 0.29) is 24.5 Å². The number of hydrogen-bond donors (Lipinski definition) is 1. The van der Waals surface area contributed by atoms with Crippen LogP contribution in [-0.4, -0.2) is 49.1 Å². The fraction of sp³-hybridized carbons (Fsp3) is 0.333. The highest BCUT2D eigenvalue weighted by Gasteiger charge is 2.22. The van der Waals surface area contributed by atoms with Gasteiger partial charge in [0, 0.05) is 24.3 Å². The number of ether oxygens (including phenoxy) is 2. The molecule has 142 valence electrons. The maximum absolute atomic E-state index is 12.7. The van der Waals surface area contributed by atoms with Crippen molar-refractivity contribution in [3.63, 3.8) is 0 Å². The van der Waals surface area contributed by atoms with Crippen LogP contribution >= 0.6 is 0 Å². The predicted molar refractivity (Wildman–Crippen MR) is 103 cm³/mol. The molecule has 1 aliphatic rings. The second-order valence-electron chi connectivity index (χ2n) is 6.62. The van der Waals surface area contributed by atoms with Gasteiger partial charge in [0.2, 0.25) is 0 Å². The SMILES string of the molecule is Cc1ccccc1OCC(=O)Nc1cccc(C(=O)N2CCOC(C)C2)c1. The average Bonchev–Trinajstić information content (AvgIpc) is 2.67. The van der Waals surface area contributed by atoms with Crippen molar-refractivity contribution in [3.05, 3.63) is 59.7 Å². The maximum atomic E-state index is 12.7. The highest BCUT2D eigenvalue weighted by Crippen LogP contribution is 2.17. The molecule has 0 bridgehead atoms. The second kappa shape index (κ2) is 8.68. The number of nitrogens with one attached hydrogen (secondary N) is 1. The van der Waals surface area contributed by atoms with Crippen LogP contribution in [-0.2, 0) is 9.53 Å². The third-order valence-electron chi connectivity index (χ3n) is 4.37. The van der Waals surface area contributed by atoms with Crippen molar-refractivity contribution in [2.24, 2.45) is 0 Å². The van der Waals surface area contributed by atoms with Gasteiger partial charge < -0.3 is 19.7 Å².